The number of hydrogen-bond acceptors (Lipinski definition) is 0. The first-order valence-electron chi connectivity index (χ1n) is 3.88. The Labute approximate surface area is 75.9 Å². The zero-order chi connectivity index (χ0) is 8.36. The van der Waals surface area contributed by atoms with Gasteiger partial charge in [0.05, 0.1) is 0 Å². The Hall–Kier alpha value is 1.12. The van der Waals surface area contributed by atoms with Gasteiger partial charge < -0.3 is 0 Å². The van der Waals surface area contributed by atoms with Crippen molar-refractivity contribution in [2.45, 2.75) is 32.9 Å². The van der Waals surface area contributed by atoms with Crippen LogP contribution in [-0.4, -0.2) is 19.0 Å². The molecule has 0 heterocycles. The van der Waals surface area contributed by atoms with E-state index in [0.717, 1.165) is 11.6 Å². The molecule has 1 unspecified atom stereocenters. The van der Waals surface area contributed by atoms with E-state index < -0.39 is 4.90 Å². The van der Waals surface area contributed by atoms with Gasteiger partial charge in [-0.2, -0.15) is 0 Å². The molecule has 0 aliphatic carbocycles. The molecule has 0 N–H and O–H groups in total. The van der Waals surface area contributed by atoms with Crippen molar-refractivity contribution in [1.29, 1.82) is 0 Å². The third-order valence-corrected chi connectivity index (χ3v) is 8.09. The van der Waals surface area contributed by atoms with E-state index in [1.807, 2.05) is 18.8 Å². The molecular weight excluding hydrogens is 311 g/mol. The summed E-state index contributed by atoms with van der Waals surface area (Å²) in [7, 11) is 0. The van der Waals surface area contributed by atoms with Crippen LogP contribution in [0.4, 0.5) is 0 Å². The van der Waals surface area contributed by atoms with Gasteiger partial charge >= 0.3 is 75.8 Å². The van der Waals surface area contributed by atoms with Crippen LogP contribution in [0.15, 0.2) is 0 Å². The van der Waals surface area contributed by atoms with Gasteiger partial charge in [0.1, 0.15) is 0 Å². The molecule has 0 amide bonds. The van der Waals surface area contributed by atoms with Crippen molar-refractivity contribution in [3.05, 3.63) is 0 Å². The van der Waals surface area contributed by atoms with Gasteiger partial charge in [0, 0.05) is 0 Å². The topological polar surface area (TPSA) is 0 Å². The standard InChI is InChI=1S/C8H19P.W/c1-7(2)6-8(3)9(4)5;/h7-8H,6H2,1-5H3;. The fourth-order valence-electron chi connectivity index (χ4n) is 0.936. The van der Waals surface area contributed by atoms with Crippen molar-refractivity contribution >= 4 is 4.90 Å². The Morgan fingerprint density at radius 2 is 1.60 bits per heavy atom. The van der Waals surface area contributed by atoms with Gasteiger partial charge in [0.2, 0.25) is 0 Å². The summed E-state index contributed by atoms with van der Waals surface area (Å²) in [6.07, 6.45) is 1.42. The summed E-state index contributed by atoms with van der Waals surface area (Å²) in [6, 6.07) is 0. The Balaban J connectivity index is 3.86. The average molecular weight is 330 g/mol. The van der Waals surface area contributed by atoms with E-state index in [0.29, 0.717) is 0 Å². The van der Waals surface area contributed by atoms with Gasteiger partial charge in [-0.3, -0.25) is 0 Å². The van der Waals surface area contributed by atoms with Crippen LogP contribution in [0.3, 0.4) is 0 Å². The van der Waals surface area contributed by atoms with Crippen molar-refractivity contribution < 1.29 is 18.8 Å². The first-order valence-corrected chi connectivity index (χ1v) is 10.5. The van der Waals surface area contributed by atoms with Gasteiger partial charge in [-0.05, 0) is 0 Å². The molecule has 0 aliphatic rings. The van der Waals surface area contributed by atoms with Crippen LogP contribution >= 0.6 is 4.90 Å². The van der Waals surface area contributed by atoms with Crippen LogP contribution in [0.1, 0.15) is 27.2 Å². The zero-order valence-electron chi connectivity index (χ0n) is 7.72. The SMILES string of the molecule is CC(C)CC(C)[P](C)(C)=[W]. The number of hydrogen-bond donors (Lipinski definition) is 0. The molecule has 1 atom stereocenters. The summed E-state index contributed by atoms with van der Waals surface area (Å²) in [5.41, 5.74) is 0.988. The molecule has 0 aromatic carbocycles. The van der Waals surface area contributed by atoms with E-state index in [4.69, 9.17) is 0 Å². The normalized spacial score (nSPS) is 15.8. The third-order valence-electron chi connectivity index (χ3n) is 1.87. The summed E-state index contributed by atoms with van der Waals surface area (Å²) >= 11 is 1.83. The fraction of sp³-hybridized carbons (Fsp3) is 1.00. The van der Waals surface area contributed by atoms with Gasteiger partial charge in [0.15, 0.2) is 0 Å². The van der Waals surface area contributed by atoms with Crippen molar-refractivity contribution in [2.75, 3.05) is 13.3 Å². The molecule has 0 radical (unpaired) electrons. The van der Waals surface area contributed by atoms with Gasteiger partial charge in [-0.15, -0.1) is 0 Å². The molecule has 0 aliphatic heterocycles. The second kappa shape index (κ2) is 4.22. The predicted molar refractivity (Wildman–Crippen MR) is 47.7 cm³/mol. The van der Waals surface area contributed by atoms with E-state index in [2.05, 4.69) is 34.1 Å². The van der Waals surface area contributed by atoms with Crippen LogP contribution in [0.5, 0.6) is 0 Å². The molecule has 0 aromatic heterocycles. The summed E-state index contributed by atoms with van der Waals surface area (Å²) < 4.78 is 0. The quantitative estimate of drug-likeness (QED) is 0.698. The summed E-state index contributed by atoms with van der Waals surface area (Å²) in [4.78, 5) is -0.477. The van der Waals surface area contributed by atoms with Crippen molar-refractivity contribution in [3.63, 3.8) is 0 Å². The van der Waals surface area contributed by atoms with Crippen molar-refractivity contribution in [2.24, 2.45) is 5.92 Å². The van der Waals surface area contributed by atoms with Crippen LogP contribution in [0, 0.1) is 5.92 Å². The predicted octanol–water partition coefficient (Wildman–Crippen LogP) is 3.16. The summed E-state index contributed by atoms with van der Waals surface area (Å²) in [5, 5.41) is 0. The van der Waals surface area contributed by atoms with E-state index >= 15 is 0 Å². The molecule has 0 nitrogen and oxygen atoms in total. The molecule has 0 saturated carbocycles. The Bertz CT molecular complexity index is 134. The van der Waals surface area contributed by atoms with Crippen molar-refractivity contribution in [1.82, 2.24) is 0 Å². The van der Waals surface area contributed by atoms with Gasteiger partial charge in [0.25, 0.3) is 0 Å². The maximum atomic E-state index is 2.47. The first kappa shape index (κ1) is 11.1. The molecular formula is C8H19PW. The summed E-state index contributed by atoms with van der Waals surface area (Å²) in [6.45, 7) is 12.0. The van der Waals surface area contributed by atoms with Gasteiger partial charge in [-0.1, -0.05) is 0 Å². The zero-order valence-corrected chi connectivity index (χ0v) is 11.5. The average Bonchev–Trinajstić information content (AvgIpc) is 1.60. The molecule has 2 heteroatoms. The maximum absolute atomic E-state index is 2.47. The van der Waals surface area contributed by atoms with E-state index in [1.54, 1.807) is 0 Å². The molecule has 0 bridgehead atoms. The molecule has 10 heavy (non-hydrogen) atoms. The molecule has 0 fully saturated rings. The molecule has 0 saturated heterocycles. The van der Waals surface area contributed by atoms with Crippen molar-refractivity contribution in [3.8, 4) is 0 Å². The van der Waals surface area contributed by atoms with Crippen LogP contribution in [0.2, 0.25) is 0 Å². The Morgan fingerprint density at radius 1 is 1.20 bits per heavy atom. The van der Waals surface area contributed by atoms with Crippen LogP contribution < -0.4 is 0 Å². The minimum absolute atomic E-state index is 0.477. The van der Waals surface area contributed by atoms with E-state index in [-0.39, 0.29) is 0 Å². The fourth-order valence-corrected chi connectivity index (χ4v) is 2.79. The minimum atomic E-state index is -0.477. The van der Waals surface area contributed by atoms with Crippen LogP contribution in [0.25, 0.3) is 0 Å². The van der Waals surface area contributed by atoms with E-state index in [9.17, 15) is 0 Å². The molecule has 0 rings (SSSR count). The van der Waals surface area contributed by atoms with E-state index in [1.165, 1.54) is 6.42 Å². The second-order valence-corrected chi connectivity index (χ2v) is 17.8. The molecule has 0 spiro atoms. The number of rotatable bonds is 3. The molecule has 0 aromatic rings. The van der Waals surface area contributed by atoms with Gasteiger partial charge in [-0.25, -0.2) is 0 Å². The third kappa shape index (κ3) is 4.86. The Morgan fingerprint density at radius 3 is 1.70 bits per heavy atom. The van der Waals surface area contributed by atoms with Crippen LogP contribution in [-0.2, 0) is 18.8 Å². The second-order valence-electron chi connectivity index (χ2n) is 3.91. The summed E-state index contributed by atoms with van der Waals surface area (Å²) in [5.74, 6) is 0.883. The monoisotopic (exact) mass is 330 g/mol. The Kier molecular flexibility index (Phi) is 4.69. The first-order chi connectivity index (χ1) is 4.34. The molecule has 62 valence electrons.